The van der Waals surface area contributed by atoms with E-state index < -0.39 is 0 Å². The molecule has 2 aromatic rings. The van der Waals surface area contributed by atoms with Gasteiger partial charge in [0.15, 0.2) is 0 Å². The maximum atomic E-state index is 13.6. The van der Waals surface area contributed by atoms with Gasteiger partial charge in [0, 0.05) is 6.54 Å². The molecule has 0 amide bonds. The maximum Gasteiger partial charge on any atom is 0.243 e. The molecule has 2 heterocycles. The lowest BCUT2D eigenvalue weighted by Gasteiger charge is -2.09. The van der Waals surface area contributed by atoms with Crippen LogP contribution in [0.3, 0.4) is 0 Å². The van der Waals surface area contributed by atoms with Gasteiger partial charge >= 0.3 is 0 Å². The first-order valence-electron chi connectivity index (χ1n) is 5.34. The van der Waals surface area contributed by atoms with Crippen LogP contribution >= 0.6 is 0 Å². The fourth-order valence-electron chi connectivity index (χ4n) is 1.97. The van der Waals surface area contributed by atoms with Crippen molar-refractivity contribution in [2.24, 2.45) is 0 Å². The summed E-state index contributed by atoms with van der Waals surface area (Å²) in [5.74, 6) is 0.0639. The summed E-state index contributed by atoms with van der Waals surface area (Å²) < 4.78 is 19.3. The van der Waals surface area contributed by atoms with Crippen LogP contribution in [0.5, 0.6) is 5.88 Å². The van der Waals surface area contributed by atoms with Crippen molar-refractivity contribution >= 4 is 10.9 Å². The Labute approximate surface area is 91.8 Å². The SMILES string of the molecule is Fc1cccc2[nH]nc(OC3CCNC3)c12. The molecule has 5 heteroatoms. The van der Waals surface area contributed by atoms with Gasteiger partial charge < -0.3 is 10.1 Å². The van der Waals surface area contributed by atoms with Gasteiger partial charge in [0.1, 0.15) is 11.9 Å². The number of hydrogen-bond donors (Lipinski definition) is 2. The average Bonchev–Trinajstić information content (AvgIpc) is 2.90. The monoisotopic (exact) mass is 221 g/mol. The van der Waals surface area contributed by atoms with Crippen LogP contribution in [0.1, 0.15) is 6.42 Å². The van der Waals surface area contributed by atoms with Crippen molar-refractivity contribution in [2.75, 3.05) is 13.1 Å². The van der Waals surface area contributed by atoms with Gasteiger partial charge in [-0.15, -0.1) is 5.10 Å². The number of halogens is 1. The first-order chi connectivity index (χ1) is 7.84. The fourth-order valence-corrected chi connectivity index (χ4v) is 1.97. The fraction of sp³-hybridized carbons (Fsp3) is 0.364. The topological polar surface area (TPSA) is 49.9 Å². The number of aromatic nitrogens is 2. The van der Waals surface area contributed by atoms with Crippen molar-refractivity contribution in [2.45, 2.75) is 12.5 Å². The van der Waals surface area contributed by atoms with Gasteiger partial charge in [-0.25, -0.2) is 4.39 Å². The first kappa shape index (κ1) is 9.59. The number of nitrogens with one attached hydrogen (secondary N) is 2. The van der Waals surface area contributed by atoms with Gasteiger partial charge in [-0.1, -0.05) is 6.07 Å². The summed E-state index contributed by atoms with van der Waals surface area (Å²) in [7, 11) is 0. The molecule has 1 unspecified atom stereocenters. The Kier molecular flexibility index (Phi) is 2.25. The number of fused-ring (bicyclic) bond motifs is 1. The lowest BCUT2D eigenvalue weighted by Crippen LogP contribution is -2.19. The highest BCUT2D eigenvalue weighted by atomic mass is 19.1. The molecule has 1 saturated heterocycles. The highest BCUT2D eigenvalue weighted by Crippen LogP contribution is 2.26. The molecule has 1 atom stereocenters. The number of H-pyrrole nitrogens is 1. The second-order valence-corrected chi connectivity index (χ2v) is 3.92. The lowest BCUT2D eigenvalue weighted by atomic mass is 10.2. The van der Waals surface area contributed by atoms with Crippen molar-refractivity contribution in [3.05, 3.63) is 24.0 Å². The Balaban J connectivity index is 1.97. The zero-order valence-electron chi connectivity index (χ0n) is 8.66. The number of aromatic amines is 1. The van der Waals surface area contributed by atoms with Gasteiger partial charge in [-0.3, -0.25) is 5.10 Å². The zero-order chi connectivity index (χ0) is 11.0. The summed E-state index contributed by atoms with van der Waals surface area (Å²) in [5.41, 5.74) is 0.668. The molecule has 0 spiro atoms. The van der Waals surface area contributed by atoms with E-state index >= 15 is 0 Å². The van der Waals surface area contributed by atoms with E-state index in [1.165, 1.54) is 6.07 Å². The van der Waals surface area contributed by atoms with E-state index in [9.17, 15) is 4.39 Å². The first-order valence-corrected chi connectivity index (χ1v) is 5.34. The normalized spacial score (nSPS) is 20.4. The Morgan fingerprint density at radius 1 is 1.44 bits per heavy atom. The van der Waals surface area contributed by atoms with Crippen molar-refractivity contribution < 1.29 is 9.13 Å². The lowest BCUT2D eigenvalue weighted by molar-refractivity contribution is 0.216. The molecule has 3 rings (SSSR count). The van der Waals surface area contributed by atoms with Gasteiger partial charge in [0.05, 0.1) is 10.9 Å². The minimum absolute atomic E-state index is 0.0890. The molecule has 0 saturated carbocycles. The predicted molar refractivity (Wildman–Crippen MR) is 58.0 cm³/mol. The molecule has 1 fully saturated rings. The zero-order valence-corrected chi connectivity index (χ0v) is 8.66. The van der Waals surface area contributed by atoms with E-state index in [-0.39, 0.29) is 11.9 Å². The Morgan fingerprint density at radius 3 is 3.19 bits per heavy atom. The summed E-state index contributed by atoms with van der Waals surface area (Å²) in [6, 6.07) is 4.85. The van der Waals surface area contributed by atoms with Crippen LogP contribution in [-0.2, 0) is 0 Å². The third-order valence-electron chi connectivity index (χ3n) is 2.80. The minimum Gasteiger partial charge on any atom is -0.471 e. The van der Waals surface area contributed by atoms with E-state index in [2.05, 4.69) is 15.5 Å². The van der Waals surface area contributed by atoms with Gasteiger partial charge in [0.2, 0.25) is 5.88 Å². The summed E-state index contributed by atoms with van der Waals surface area (Å²) in [6.45, 7) is 1.73. The highest BCUT2D eigenvalue weighted by molar-refractivity contribution is 5.84. The highest BCUT2D eigenvalue weighted by Gasteiger charge is 2.19. The predicted octanol–water partition coefficient (Wildman–Crippen LogP) is 1.44. The number of nitrogens with zero attached hydrogens (tertiary/aromatic N) is 1. The average molecular weight is 221 g/mol. The summed E-state index contributed by atoms with van der Waals surface area (Å²) in [5, 5.41) is 10.4. The number of rotatable bonds is 2. The third-order valence-corrected chi connectivity index (χ3v) is 2.80. The molecule has 0 radical (unpaired) electrons. The molecule has 1 aliphatic rings. The van der Waals surface area contributed by atoms with Crippen LogP contribution in [-0.4, -0.2) is 29.4 Å². The van der Waals surface area contributed by atoms with E-state index in [0.29, 0.717) is 16.8 Å². The summed E-state index contributed by atoms with van der Waals surface area (Å²) in [4.78, 5) is 0. The van der Waals surface area contributed by atoms with Crippen LogP contribution < -0.4 is 10.1 Å². The largest absolute Gasteiger partial charge is 0.471 e. The van der Waals surface area contributed by atoms with Crippen molar-refractivity contribution in [1.82, 2.24) is 15.5 Å². The molecule has 1 aromatic carbocycles. The van der Waals surface area contributed by atoms with Gasteiger partial charge in [-0.2, -0.15) is 0 Å². The Bertz CT molecular complexity index is 505. The van der Waals surface area contributed by atoms with E-state index in [0.717, 1.165) is 19.5 Å². The smallest absolute Gasteiger partial charge is 0.243 e. The van der Waals surface area contributed by atoms with Crippen LogP contribution in [0, 0.1) is 5.82 Å². The molecule has 2 N–H and O–H groups in total. The molecule has 0 bridgehead atoms. The van der Waals surface area contributed by atoms with Gasteiger partial charge in [0.25, 0.3) is 0 Å². The van der Waals surface area contributed by atoms with E-state index in [4.69, 9.17) is 4.74 Å². The molecule has 1 aromatic heterocycles. The molecule has 16 heavy (non-hydrogen) atoms. The molecule has 4 nitrogen and oxygen atoms in total. The number of hydrogen-bond acceptors (Lipinski definition) is 3. The van der Waals surface area contributed by atoms with E-state index in [1.54, 1.807) is 12.1 Å². The summed E-state index contributed by atoms with van der Waals surface area (Å²) >= 11 is 0. The van der Waals surface area contributed by atoms with E-state index in [1.807, 2.05) is 0 Å². The second-order valence-electron chi connectivity index (χ2n) is 3.92. The van der Waals surface area contributed by atoms with Crippen LogP contribution in [0.2, 0.25) is 0 Å². The standard InChI is InChI=1S/C11H12FN3O/c12-8-2-1-3-9-10(8)11(15-14-9)16-7-4-5-13-6-7/h1-3,7,13H,4-6H2,(H,14,15). The van der Waals surface area contributed by atoms with Crippen molar-refractivity contribution in [3.63, 3.8) is 0 Å². The Hall–Kier alpha value is -1.62. The Morgan fingerprint density at radius 2 is 2.38 bits per heavy atom. The van der Waals surface area contributed by atoms with Crippen molar-refractivity contribution in [3.8, 4) is 5.88 Å². The molecular formula is C11H12FN3O. The maximum absolute atomic E-state index is 13.6. The molecule has 0 aliphatic carbocycles. The van der Waals surface area contributed by atoms with Crippen molar-refractivity contribution in [1.29, 1.82) is 0 Å². The number of benzene rings is 1. The summed E-state index contributed by atoms with van der Waals surface area (Å²) in [6.07, 6.45) is 1.02. The van der Waals surface area contributed by atoms with Crippen LogP contribution in [0.25, 0.3) is 10.9 Å². The molecule has 84 valence electrons. The van der Waals surface area contributed by atoms with Crippen LogP contribution in [0.15, 0.2) is 18.2 Å². The molecular weight excluding hydrogens is 209 g/mol. The second kappa shape index (κ2) is 3.75. The minimum atomic E-state index is -0.299. The third kappa shape index (κ3) is 1.53. The van der Waals surface area contributed by atoms with Crippen LogP contribution in [0.4, 0.5) is 4.39 Å². The quantitative estimate of drug-likeness (QED) is 0.806. The number of ether oxygens (including phenoxy) is 1. The van der Waals surface area contributed by atoms with Gasteiger partial charge in [-0.05, 0) is 25.1 Å². The molecule has 1 aliphatic heterocycles.